The van der Waals surface area contributed by atoms with Crippen LogP contribution in [0.25, 0.3) is 32.7 Å². The Bertz CT molecular complexity index is 4700. The lowest BCUT2D eigenvalue weighted by atomic mass is 10.0. The van der Waals surface area contributed by atoms with Gasteiger partial charge in [-0.1, -0.05) is 15.9 Å². The molecular formula is C78H91Br3N12O15. The molecule has 0 bridgehead atoms. The van der Waals surface area contributed by atoms with Crippen LogP contribution in [-0.4, -0.2) is 225 Å². The van der Waals surface area contributed by atoms with Gasteiger partial charge in [-0.2, -0.15) is 15.3 Å². The van der Waals surface area contributed by atoms with E-state index in [1.165, 1.54) is 59.5 Å². The maximum atomic E-state index is 11.9. The van der Waals surface area contributed by atoms with Crippen LogP contribution in [-0.2, 0) is 64.1 Å². The first kappa shape index (κ1) is 81.5. The number of rotatable bonds is 17. The highest BCUT2D eigenvalue weighted by atomic mass is 79.9. The molecule has 574 valence electrons. The standard InChI is InChI=1S/C18H23N3O3.C17H21N3O3.C15H18BrN3O3.C10H8BrNO2.C9H10BrNO2.C9H11NO2/c1-23-18(22)14-10-15-12-19-21(5-4-20-6-8-24-9-7-20)17(15)16(11-14)13-2-3-13;21-17(22)13-9-14-11-18-20(4-3-19-5-7-23-8-6-19)16(14)15(10-13)12-1-2-12;1-21-15(20)11-8-12-10-17-19(14(12)13(16)9-11)3-2-18-4-6-22-7-5-18;1-14-10(13)6-2-7-4-12-5-8(7)9(11)3-6;1-5-3-6(9(12)13-2)4-7(10)8(5)11;1-6-5-7(9(11)12-2)3-4-8(6)10/h10-13H,2-9H2,1H3;9-12H,1-8H2,(H,21,22);8-10H,2-7H2,1H3;2-4H,5H2,1H3;3-4H,11H2,1-2H3;3-5H,10H2,1-2H3. The summed E-state index contributed by atoms with van der Waals surface area (Å²) >= 11 is 10.2. The van der Waals surface area contributed by atoms with Crippen molar-refractivity contribution >= 4 is 134 Å². The quantitative estimate of drug-likeness (QED) is 0.0433. The normalized spacial score (nSPS) is 15.5. The second kappa shape index (κ2) is 38.9. The molecule has 0 radical (unpaired) electrons. The summed E-state index contributed by atoms with van der Waals surface area (Å²) in [4.78, 5) is 79.7. The molecule has 9 aromatic rings. The van der Waals surface area contributed by atoms with Crippen LogP contribution in [0, 0.1) is 13.8 Å². The number of esters is 5. The number of fused-ring (bicyclic) bond motifs is 4. The minimum Gasteiger partial charge on any atom is -0.478 e. The molecule has 30 heteroatoms. The SMILES string of the molecule is COC(=O)c1cc(Br)c2c(c1)C=NC2.COC(=O)c1cc(Br)c2c(cnn2CCN2CCOCC2)c1.COC(=O)c1cc(C)c(N)c(Br)c1.COC(=O)c1cc(C2CC2)c2c(cnn2CCN2CCOCC2)c1.COC(=O)c1ccc(N)c(C)c1.O=C(O)c1cc(C2CC2)c2c(cnn2CCN2CCOCC2)c1. The number of benzene rings is 6. The number of aliphatic imine (C=N–C) groups is 1. The van der Waals surface area contributed by atoms with Crippen LogP contribution >= 0.6 is 47.8 Å². The van der Waals surface area contributed by atoms with Gasteiger partial charge in [0.05, 0.1) is 170 Å². The van der Waals surface area contributed by atoms with Crippen molar-refractivity contribution in [2.45, 2.75) is 77.5 Å². The zero-order chi connectivity index (χ0) is 77.1. The predicted molar refractivity (Wildman–Crippen MR) is 421 cm³/mol. The molecule has 3 aromatic heterocycles. The summed E-state index contributed by atoms with van der Waals surface area (Å²) in [6.07, 6.45) is 11.9. The molecular weight excluding hydrogens is 1580 g/mol. The van der Waals surface area contributed by atoms with E-state index in [9.17, 15) is 33.9 Å². The molecule has 15 rings (SSSR count). The molecule has 4 aliphatic heterocycles. The third-order valence-corrected chi connectivity index (χ3v) is 21.1. The van der Waals surface area contributed by atoms with Crippen LogP contribution in [0.3, 0.4) is 0 Å². The summed E-state index contributed by atoms with van der Waals surface area (Å²) in [6.45, 7) is 20.4. The van der Waals surface area contributed by atoms with Crippen LogP contribution in [0.1, 0.15) is 133 Å². The van der Waals surface area contributed by atoms with Gasteiger partial charge in [-0.15, -0.1) is 0 Å². The van der Waals surface area contributed by atoms with Crippen LogP contribution < -0.4 is 11.5 Å². The van der Waals surface area contributed by atoms with E-state index in [-0.39, 0.29) is 29.8 Å². The van der Waals surface area contributed by atoms with Gasteiger partial charge < -0.3 is 54.5 Å². The van der Waals surface area contributed by atoms with Crippen molar-refractivity contribution in [1.82, 2.24) is 44.0 Å². The molecule has 2 saturated carbocycles. The fourth-order valence-electron chi connectivity index (χ4n) is 12.7. The molecule has 6 aliphatic rings. The smallest absolute Gasteiger partial charge is 0.337 e. The molecule has 0 spiro atoms. The first-order valence-corrected chi connectivity index (χ1v) is 37.9. The lowest BCUT2D eigenvalue weighted by molar-refractivity contribution is 0.0361. The maximum Gasteiger partial charge on any atom is 0.337 e. The first-order valence-electron chi connectivity index (χ1n) is 35.5. The number of hydrogen-bond acceptors (Lipinski definition) is 23. The number of halogens is 3. The van der Waals surface area contributed by atoms with Crippen molar-refractivity contribution in [3.63, 3.8) is 0 Å². The summed E-state index contributed by atoms with van der Waals surface area (Å²) in [6, 6.07) is 23.0. The molecule has 5 fully saturated rings. The molecule has 0 unspecified atom stereocenters. The minimum absolute atomic E-state index is 0.278. The number of nitrogens with zero attached hydrogens (tertiary/aromatic N) is 10. The Kier molecular flexibility index (Phi) is 29.4. The zero-order valence-electron chi connectivity index (χ0n) is 61.7. The number of carbonyl (C=O) groups is 6. The molecule has 0 amide bonds. The van der Waals surface area contributed by atoms with Gasteiger partial charge in [0.15, 0.2) is 0 Å². The average Bonchev–Trinajstić information content (AvgIpc) is 1.62. The number of aromatic carboxylic acids is 1. The summed E-state index contributed by atoms with van der Waals surface area (Å²) in [5, 5.41) is 25.7. The fraction of sp³-hybridized carbons (Fsp3) is 0.410. The van der Waals surface area contributed by atoms with E-state index in [2.05, 4.69) is 102 Å². The monoisotopic (exact) mass is 1670 g/mol. The van der Waals surface area contributed by atoms with E-state index in [1.54, 1.807) is 73.2 Å². The Morgan fingerprint density at radius 1 is 0.454 bits per heavy atom. The topological polar surface area (TPSA) is 324 Å². The first-order chi connectivity index (χ1) is 52.1. The number of carboxylic acids is 1. The van der Waals surface area contributed by atoms with Crippen molar-refractivity contribution in [3.8, 4) is 0 Å². The highest BCUT2D eigenvalue weighted by Crippen LogP contribution is 2.45. The Balaban J connectivity index is 0.000000141. The van der Waals surface area contributed by atoms with E-state index in [4.69, 9.17) is 35.2 Å². The third kappa shape index (κ3) is 21.5. The van der Waals surface area contributed by atoms with Crippen LogP contribution in [0.5, 0.6) is 0 Å². The number of morpholine rings is 3. The highest BCUT2D eigenvalue weighted by molar-refractivity contribution is 9.11. The van der Waals surface area contributed by atoms with Gasteiger partial charge in [0, 0.05) is 106 Å². The predicted octanol–water partition coefficient (Wildman–Crippen LogP) is 11.6. The molecule has 6 aromatic carbocycles. The summed E-state index contributed by atoms with van der Waals surface area (Å²) < 4.78 is 48.2. The molecule has 3 saturated heterocycles. The third-order valence-electron chi connectivity index (χ3n) is 19.1. The number of anilines is 2. The highest BCUT2D eigenvalue weighted by Gasteiger charge is 2.31. The van der Waals surface area contributed by atoms with E-state index >= 15 is 0 Å². The van der Waals surface area contributed by atoms with Crippen molar-refractivity contribution in [3.05, 3.63) is 178 Å². The van der Waals surface area contributed by atoms with Gasteiger partial charge >= 0.3 is 35.8 Å². The number of nitrogen functional groups attached to an aromatic ring is 2. The van der Waals surface area contributed by atoms with Crippen molar-refractivity contribution in [1.29, 1.82) is 0 Å². The van der Waals surface area contributed by atoms with Gasteiger partial charge in [0.25, 0.3) is 0 Å². The van der Waals surface area contributed by atoms with Gasteiger partial charge in [0.2, 0.25) is 0 Å². The number of hydrogen-bond donors (Lipinski definition) is 3. The number of ether oxygens (including phenoxy) is 8. The zero-order valence-corrected chi connectivity index (χ0v) is 66.4. The number of methoxy groups -OCH3 is 5. The average molecular weight is 1680 g/mol. The van der Waals surface area contributed by atoms with E-state index in [0.29, 0.717) is 67.6 Å². The van der Waals surface area contributed by atoms with Gasteiger partial charge in [0.1, 0.15) is 0 Å². The number of carboxylic acid groups (broad SMARTS) is 1. The number of nitrogens with two attached hydrogens (primary N) is 2. The van der Waals surface area contributed by atoms with Crippen molar-refractivity contribution in [2.24, 2.45) is 4.99 Å². The Labute approximate surface area is 651 Å². The molecule has 0 atom stereocenters. The van der Waals surface area contributed by atoms with Gasteiger partial charge in [-0.05, 0) is 195 Å². The number of carbonyl (C=O) groups excluding carboxylic acids is 5. The summed E-state index contributed by atoms with van der Waals surface area (Å²) in [5.41, 5.74) is 25.2. The van der Waals surface area contributed by atoms with Crippen molar-refractivity contribution < 1.29 is 71.8 Å². The Morgan fingerprint density at radius 3 is 1.25 bits per heavy atom. The lowest BCUT2D eigenvalue weighted by Crippen LogP contribution is -2.38. The van der Waals surface area contributed by atoms with Gasteiger partial charge in [-0.3, -0.25) is 33.7 Å². The van der Waals surface area contributed by atoms with Crippen LogP contribution in [0.15, 0.2) is 116 Å². The molecule has 2 aliphatic carbocycles. The van der Waals surface area contributed by atoms with Crippen LogP contribution in [0.2, 0.25) is 0 Å². The molecule has 108 heavy (non-hydrogen) atoms. The largest absolute Gasteiger partial charge is 0.478 e. The lowest BCUT2D eigenvalue weighted by Gasteiger charge is -2.26. The van der Waals surface area contributed by atoms with Crippen LogP contribution in [0.4, 0.5) is 11.4 Å². The fourth-order valence-corrected chi connectivity index (χ4v) is 14.6. The maximum absolute atomic E-state index is 11.9. The van der Waals surface area contributed by atoms with E-state index in [1.807, 2.05) is 53.7 Å². The Hall–Kier alpha value is -8.98. The van der Waals surface area contributed by atoms with E-state index < -0.39 is 5.97 Å². The second-order valence-corrected chi connectivity index (χ2v) is 29.0. The second-order valence-electron chi connectivity index (χ2n) is 26.4. The molecule has 27 nitrogen and oxygen atoms in total. The summed E-state index contributed by atoms with van der Waals surface area (Å²) in [7, 11) is 6.88. The number of aromatic nitrogens is 6. The van der Waals surface area contributed by atoms with Crippen molar-refractivity contribution in [2.75, 3.05) is 146 Å². The molecule has 7 heterocycles. The Morgan fingerprint density at radius 2 is 0.824 bits per heavy atom. The van der Waals surface area contributed by atoms with Gasteiger partial charge in [-0.25, -0.2) is 28.8 Å². The number of aryl methyl sites for hydroxylation is 2. The van der Waals surface area contributed by atoms with E-state index in [0.717, 1.165) is 195 Å². The minimum atomic E-state index is -0.866. The molecule has 5 N–H and O–H groups in total. The summed E-state index contributed by atoms with van der Waals surface area (Å²) in [5.74, 6) is -1.46.